The molecular formula is C33H38O4. The Labute approximate surface area is 220 Å². The summed E-state index contributed by atoms with van der Waals surface area (Å²) >= 11 is 0. The van der Waals surface area contributed by atoms with Crippen LogP contribution in [0.2, 0.25) is 0 Å². The largest absolute Gasteiger partial charge is 0.493 e. The Morgan fingerprint density at radius 2 is 1.86 bits per heavy atom. The van der Waals surface area contributed by atoms with E-state index in [4.69, 9.17) is 18.9 Å². The van der Waals surface area contributed by atoms with Gasteiger partial charge in [-0.05, 0) is 78.9 Å². The van der Waals surface area contributed by atoms with Gasteiger partial charge in [0.05, 0.1) is 20.3 Å². The fourth-order valence-electron chi connectivity index (χ4n) is 11.6. The van der Waals surface area contributed by atoms with E-state index in [0.717, 1.165) is 42.3 Å². The van der Waals surface area contributed by atoms with Crippen LogP contribution in [0, 0.1) is 29.1 Å². The highest BCUT2D eigenvalue weighted by molar-refractivity contribution is 5.70. The molecule has 0 amide bonds. The highest BCUT2D eigenvalue weighted by Gasteiger charge is 2.89. The summed E-state index contributed by atoms with van der Waals surface area (Å²) in [6, 6.07) is 15.2. The zero-order valence-electron chi connectivity index (χ0n) is 22.1. The molecule has 1 heterocycles. The van der Waals surface area contributed by atoms with E-state index >= 15 is 0 Å². The first kappa shape index (κ1) is 21.8. The summed E-state index contributed by atoms with van der Waals surface area (Å²) in [5.74, 6) is 4.98. The lowest BCUT2D eigenvalue weighted by Gasteiger charge is -2.70. The van der Waals surface area contributed by atoms with Crippen LogP contribution in [0.15, 0.2) is 42.5 Å². The zero-order chi connectivity index (χ0) is 24.6. The van der Waals surface area contributed by atoms with Crippen molar-refractivity contribution in [3.8, 4) is 11.5 Å². The van der Waals surface area contributed by atoms with Crippen LogP contribution in [-0.2, 0) is 26.9 Å². The summed E-state index contributed by atoms with van der Waals surface area (Å²) in [7, 11) is 3.73. The van der Waals surface area contributed by atoms with Gasteiger partial charge in [-0.3, -0.25) is 0 Å². The molecule has 8 unspecified atom stereocenters. The Morgan fingerprint density at radius 1 is 1.00 bits per heavy atom. The minimum absolute atomic E-state index is 0.0643. The van der Waals surface area contributed by atoms with Gasteiger partial charge in [0, 0.05) is 29.4 Å². The number of methoxy groups -OCH3 is 2. The second kappa shape index (κ2) is 6.93. The van der Waals surface area contributed by atoms with E-state index in [2.05, 4.69) is 42.5 Å². The first-order valence-corrected chi connectivity index (χ1v) is 14.7. The van der Waals surface area contributed by atoms with Crippen molar-refractivity contribution in [3.63, 3.8) is 0 Å². The van der Waals surface area contributed by atoms with Crippen LogP contribution in [-0.4, -0.2) is 32.5 Å². The summed E-state index contributed by atoms with van der Waals surface area (Å²) in [6.07, 6.45) is 10.7. The lowest BCUT2D eigenvalue weighted by Crippen LogP contribution is -2.75. The molecular weight excluding hydrogens is 460 g/mol. The van der Waals surface area contributed by atoms with Gasteiger partial charge in [-0.25, -0.2) is 0 Å². The minimum Gasteiger partial charge on any atom is -0.493 e. The van der Waals surface area contributed by atoms with Gasteiger partial charge in [-0.15, -0.1) is 0 Å². The maximum atomic E-state index is 7.13. The molecule has 10 rings (SSSR count). The first-order chi connectivity index (χ1) is 18.1. The number of hydrogen-bond donors (Lipinski definition) is 0. The van der Waals surface area contributed by atoms with Crippen molar-refractivity contribution < 1.29 is 18.9 Å². The maximum Gasteiger partial charge on any atom is 0.165 e. The average molecular weight is 499 g/mol. The van der Waals surface area contributed by atoms with E-state index in [1.165, 1.54) is 56.1 Å². The molecule has 0 N–H and O–H groups in total. The smallest absolute Gasteiger partial charge is 0.165 e. The molecule has 2 aromatic rings. The van der Waals surface area contributed by atoms with Crippen molar-refractivity contribution in [3.05, 3.63) is 59.2 Å². The van der Waals surface area contributed by atoms with Crippen molar-refractivity contribution >= 4 is 0 Å². The second-order valence-electron chi connectivity index (χ2n) is 13.7. The highest BCUT2D eigenvalue weighted by atomic mass is 16.6. The number of ether oxygens (including phenoxy) is 4. The molecule has 0 radical (unpaired) electrons. The van der Waals surface area contributed by atoms with Gasteiger partial charge in [-0.2, -0.15) is 0 Å². The fourth-order valence-corrected chi connectivity index (χ4v) is 11.6. The zero-order valence-corrected chi connectivity index (χ0v) is 22.1. The number of benzene rings is 2. The van der Waals surface area contributed by atoms with Crippen LogP contribution < -0.4 is 9.47 Å². The molecule has 7 aliphatic carbocycles. The van der Waals surface area contributed by atoms with Crippen LogP contribution in [0.4, 0.5) is 0 Å². The topological polar surface area (TPSA) is 36.9 Å². The van der Waals surface area contributed by atoms with E-state index in [9.17, 15) is 0 Å². The molecule has 4 nitrogen and oxygen atoms in total. The Balaban J connectivity index is 1.16. The molecule has 8 aliphatic rings. The molecule has 37 heavy (non-hydrogen) atoms. The quantitative estimate of drug-likeness (QED) is 0.435. The van der Waals surface area contributed by atoms with Crippen LogP contribution in [0.1, 0.15) is 68.1 Å². The lowest BCUT2D eigenvalue weighted by atomic mass is 9.35. The van der Waals surface area contributed by atoms with Crippen molar-refractivity contribution in [1.82, 2.24) is 0 Å². The monoisotopic (exact) mass is 498 g/mol. The molecule has 2 aromatic carbocycles. The lowest BCUT2D eigenvalue weighted by molar-refractivity contribution is -0.264. The van der Waals surface area contributed by atoms with Crippen LogP contribution in [0.25, 0.3) is 0 Å². The van der Waals surface area contributed by atoms with Crippen LogP contribution in [0.5, 0.6) is 11.5 Å². The third-order valence-electron chi connectivity index (χ3n) is 12.6. The van der Waals surface area contributed by atoms with Crippen LogP contribution in [0.3, 0.4) is 0 Å². The van der Waals surface area contributed by atoms with Gasteiger partial charge in [0.15, 0.2) is 11.5 Å². The van der Waals surface area contributed by atoms with E-state index in [0.29, 0.717) is 23.4 Å². The van der Waals surface area contributed by atoms with Crippen molar-refractivity contribution in [2.45, 2.75) is 80.5 Å². The molecule has 194 valence electrons. The van der Waals surface area contributed by atoms with Gasteiger partial charge in [0.2, 0.25) is 0 Å². The van der Waals surface area contributed by atoms with Gasteiger partial charge >= 0.3 is 0 Å². The Hall–Kier alpha value is -2.04. The third kappa shape index (κ3) is 2.29. The number of rotatable bonds is 8. The van der Waals surface area contributed by atoms with Crippen molar-refractivity contribution in [2.24, 2.45) is 29.1 Å². The normalized spacial score (nSPS) is 44.8. The minimum atomic E-state index is -0.305. The predicted molar refractivity (Wildman–Crippen MR) is 140 cm³/mol. The molecule has 0 aromatic heterocycles. The van der Waals surface area contributed by atoms with Gasteiger partial charge in [0.1, 0.15) is 11.7 Å². The Bertz CT molecular complexity index is 1290. The number of fused-ring (bicyclic) bond motifs is 2. The van der Waals surface area contributed by atoms with E-state index in [1.807, 2.05) is 7.11 Å². The molecule has 4 bridgehead atoms. The summed E-state index contributed by atoms with van der Waals surface area (Å²) < 4.78 is 26.2. The molecule has 8 atom stereocenters. The van der Waals surface area contributed by atoms with Crippen LogP contribution >= 0.6 is 0 Å². The van der Waals surface area contributed by atoms with Crippen molar-refractivity contribution in [2.75, 3.05) is 20.8 Å². The second-order valence-corrected chi connectivity index (χ2v) is 13.7. The standard InChI is InChI=1S/C33H38O4/c1-34-25-11-10-24-26-27(25)37-29-32(26)19-30(24)15-22(14-20-8-9-20)28(30)31(32)12-13-33(29,35-2)23(16-31)18-36-17-21-6-4-3-5-7-21/h3-7,10-11,20,22-23,28-29H,8-9,12-19H2,1-2H3. The molecule has 0 saturated heterocycles. The SMILES string of the molecule is COc1ccc2c3c1OC1C4(OC)CCC5(CC4COCc4ccccc4)C4C(CC6CC6)CC24CC315. The predicted octanol–water partition coefficient (Wildman–Crippen LogP) is 6.19. The van der Waals surface area contributed by atoms with E-state index < -0.39 is 0 Å². The Morgan fingerprint density at radius 3 is 2.65 bits per heavy atom. The van der Waals surface area contributed by atoms with E-state index in [-0.39, 0.29) is 17.1 Å². The molecule has 3 spiro atoms. The summed E-state index contributed by atoms with van der Waals surface area (Å²) in [5.41, 5.74) is 4.82. The molecule has 1 aliphatic heterocycles. The third-order valence-corrected chi connectivity index (χ3v) is 12.6. The van der Waals surface area contributed by atoms with Gasteiger partial charge < -0.3 is 18.9 Å². The van der Waals surface area contributed by atoms with Crippen molar-refractivity contribution in [1.29, 1.82) is 0 Å². The highest BCUT2D eigenvalue weighted by Crippen LogP contribution is 2.90. The first-order valence-electron chi connectivity index (χ1n) is 14.7. The number of hydrogen-bond acceptors (Lipinski definition) is 4. The summed E-state index contributed by atoms with van der Waals surface area (Å²) in [4.78, 5) is 0. The molecule has 4 heteroatoms. The molecule has 6 saturated carbocycles. The molecule has 6 fully saturated rings. The summed E-state index contributed by atoms with van der Waals surface area (Å²) in [6.45, 7) is 1.41. The van der Waals surface area contributed by atoms with Gasteiger partial charge in [-0.1, -0.05) is 49.2 Å². The fraction of sp³-hybridized carbons (Fsp3) is 0.636. The van der Waals surface area contributed by atoms with Gasteiger partial charge in [0.25, 0.3) is 0 Å². The maximum absolute atomic E-state index is 7.13. The summed E-state index contributed by atoms with van der Waals surface area (Å²) in [5, 5.41) is 0. The van der Waals surface area contributed by atoms with E-state index in [1.54, 1.807) is 12.7 Å². The average Bonchev–Trinajstić information content (AvgIpc) is 3.53. The Kier molecular flexibility index (Phi) is 4.09.